The van der Waals surface area contributed by atoms with Crippen molar-refractivity contribution < 1.29 is 14.1 Å². The van der Waals surface area contributed by atoms with Gasteiger partial charge in [-0.25, -0.2) is 4.39 Å². The summed E-state index contributed by atoms with van der Waals surface area (Å²) in [5.74, 6) is -1.57. The zero-order chi connectivity index (χ0) is 15.6. The number of benzene rings is 2. The number of hydrogen-bond donors (Lipinski definition) is 1. The Bertz CT molecular complexity index is 717. The van der Waals surface area contributed by atoms with E-state index in [0.717, 1.165) is 12.1 Å². The van der Waals surface area contributed by atoms with Crippen LogP contribution in [0.1, 0.15) is 10.4 Å². The van der Waals surface area contributed by atoms with Crippen LogP contribution in [0.25, 0.3) is 0 Å². The maximum Gasteiger partial charge on any atom is 0.285 e. The second-order valence-electron chi connectivity index (χ2n) is 4.03. The fourth-order valence-corrected chi connectivity index (χ4v) is 2.20. The second-order valence-corrected chi connectivity index (χ2v) is 4.90. The van der Waals surface area contributed by atoms with Gasteiger partial charge in [-0.05, 0) is 30.3 Å². The molecule has 108 valence electrons. The van der Waals surface area contributed by atoms with E-state index in [1.807, 2.05) is 0 Å². The van der Waals surface area contributed by atoms with E-state index in [1.165, 1.54) is 18.2 Å². The van der Waals surface area contributed by atoms with Crippen molar-refractivity contribution in [1.29, 1.82) is 0 Å². The number of rotatable bonds is 3. The van der Waals surface area contributed by atoms with Gasteiger partial charge in [0.1, 0.15) is 11.4 Å². The van der Waals surface area contributed by atoms with Crippen LogP contribution in [-0.2, 0) is 0 Å². The van der Waals surface area contributed by atoms with Crippen molar-refractivity contribution in [2.45, 2.75) is 0 Å². The Kier molecular flexibility index (Phi) is 4.40. The van der Waals surface area contributed by atoms with Crippen LogP contribution in [-0.4, -0.2) is 10.8 Å². The molecule has 21 heavy (non-hydrogen) atoms. The molecule has 0 aliphatic carbocycles. The van der Waals surface area contributed by atoms with Gasteiger partial charge in [0.05, 0.1) is 11.0 Å². The molecule has 0 saturated carbocycles. The largest absolute Gasteiger partial charge is 0.322 e. The highest BCUT2D eigenvalue weighted by molar-refractivity contribution is 6.35. The molecule has 0 aromatic heterocycles. The lowest BCUT2D eigenvalue weighted by Gasteiger charge is -2.07. The summed E-state index contributed by atoms with van der Waals surface area (Å²) < 4.78 is 13.0. The van der Waals surface area contributed by atoms with Gasteiger partial charge in [0.2, 0.25) is 0 Å². The number of carbonyl (C=O) groups excluding carboxylic acids is 1. The molecule has 0 unspecified atom stereocenters. The van der Waals surface area contributed by atoms with Crippen molar-refractivity contribution in [2.24, 2.45) is 0 Å². The molecule has 0 saturated heterocycles. The quantitative estimate of drug-likeness (QED) is 0.674. The second kappa shape index (κ2) is 6.07. The molecule has 0 atom stereocenters. The molecule has 2 aromatic rings. The number of halogens is 3. The zero-order valence-electron chi connectivity index (χ0n) is 10.3. The van der Waals surface area contributed by atoms with Gasteiger partial charge in [-0.1, -0.05) is 23.2 Å². The summed E-state index contributed by atoms with van der Waals surface area (Å²) in [6.45, 7) is 0. The maximum atomic E-state index is 13.0. The first-order valence-corrected chi connectivity index (χ1v) is 6.34. The third kappa shape index (κ3) is 3.68. The van der Waals surface area contributed by atoms with Gasteiger partial charge in [-0.2, -0.15) is 0 Å². The van der Waals surface area contributed by atoms with Gasteiger partial charge in [0, 0.05) is 15.7 Å². The summed E-state index contributed by atoms with van der Waals surface area (Å²) in [4.78, 5) is 22.1. The van der Waals surface area contributed by atoms with E-state index in [9.17, 15) is 19.3 Å². The highest BCUT2D eigenvalue weighted by Crippen LogP contribution is 2.25. The Balaban J connectivity index is 2.34. The van der Waals surface area contributed by atoms with Crippen LogP contribution in [0.15, 0.2) is 36.4 Å². The average molecular weight is 329 g/mol. The zero-order valence-corrected chi connectivity index (χ0v) is 11.8. The number of nitro benzene ring substituents is 1. The molecule has 5 nitrogen and oxygen atoms in total. The van der Waals surface area contributed by atoms with Crippen LogP contribution in [0.3, 0.4) is 0 Å². The van der Waals surface area contributed by atoms with E-state index in [-0.39, 0.29) is 11.3 Å². The molecule has 1 amide bonds. The first-order chi connectivity index (χ1) is 9.86. The van der Waals surface area contributed by atoms with E-state index in [0.29, 0.717) is 16.1 Å². The van der Waals surface area contributed by atoms with Gasteiger partial charge in [0.25, 0.3) is 11.6 Å². The summed E-state index contributed by atoms with van der Waals surface area (Å²) in [6.07, 6.45) is 0. The molecular weight excluding hydrogens is 322 g/mol. The average Bonchev–Trinajstić information content (AvgIpc) is 2.36. The maximum absolute atomic E-state index is 13.0. The molecular formula is C13H7Cl2FN2O3. The third-order valence-electron chi connectivity index (χ3n) is 2.52. The Hall–Kier alpha value is -2.18. The highest BCUT2D eigenvalue weighted by Gasteiger charge is 2.21. The van der Waals surface area contributed by atoms with Gasteiger partial charge < -0.3 is 5.32 Å². The van der Waals surface area contributed by atoms with Crippen LogP contribution in [0.2, 0.25) is 10.0 Å². The molecule has 1 N–H and O–H groups in total. The molecule has 0 heterocycles. The van der Waals surface area contributed by atoms with Crippen molar-refractivity contribution in [1.82, 2.24) is 0 Å². The van der Waals surface area contributed by atoms with E-state index in [1.54, 1.807) is 0 Å². The van der Waals surface area contributed by atoms with Gasteiger partial charge in [0.15, 0.2) is 0 Å². The molecule has 0 aliphatic heterocycles. The summed E-state index contributed by atoms with van der Waals surface area (Å²) in [6, 6.07) is 7.02. The lowest BCUT2D eigenvalue weighted by atomic mass is 10.1. The molecule has 0 spiro atoms. The minimum atomic E-state index is -0.830. The van der Waals surface area contributed by atoms with Crippen LogP contribution >= 0.6 is 23.2 Å². The van der Waals surface area contributed by atoms with Gasteiger partial charge in [-0.3, -0.25) is 14.9 Å². The van der Waals surface area contributed by atoms with Crippen LogP contribution < -0.4 is 5.32 Å². The van der Waals surface area contributed by atoms with Crippen LogP contribution in [0.4, 0.5) is 15.8 Å². The summed E-state index contributed by atoms with van der Waals surface area (Å²) in [7, 11) is 0. The molecule has 0 radical (unpaired) electrons. The Morgan fingerprint density at radius 2 is 1.76 bits per heavy atom. The molecule has 0 bridgehead atoms. The van der Waals surface area contributed by atoms with E-state index >= 15 is 0 Å². The van der Waals surface area contributed by atoms with Gasteiger partial charge in [-0.15, -0.1) is 0 Å². The number of anilines is 1. The van der Waals surface area contributed by atoms with Gasteiger partial charge >= 0.3 is 0 Å². The summed E-state index contributed by atoms with van der Waals surface area (Å²) in [5, 5.41) is 13.9. The van der Waals surface area contributed by atoms with Crippen LogP contribution in [0.5, 0.6) is 0 Å². The van der Waals surface area contributed by atoms with Crippen molar-refractivity contribution in [3.05, 3.63) is 67.9 Å². The lowest BCUT2D eigenvalue weighted by molar-refractivity contribution is -0.385. The fourth-order valence-electron chi connectivity index (χ4n) is 1.67. The Morgan fingerprint density at radius 3 is 2.33 bits per heavy atom. The predicted molar refractivity (Wildman–Crippen MR) is 77.5 cm³/mol. The van der Waals surface area contributed by atoms with E-state index < -0.39 is 22.3 Å². The summed E-state index contributed by atoms with van der Waals surface area (Å²) in [5.41, 5.74) is -0.616. The van der Waals surface area contributed by atoms with Crippen molar-refractivity contribution >= 4 is 40.5 Å². The smallest absolute Gasteiger partial charge is 0.285 e. The monoisotopic (exact) mass is 328 g/mol. The number of hydrogen-bond acceptors (Lipinski definition) is 3. The molecule has 2 rings (SSSR count). The molecule has 0 aliphatic rings. The van der Waals surface area contributed by atoms with Crippen molar-refractivity contribution in [3.8, 4) is 0 Å². The highest BCUT2D eigenvalue weighted by atomic mass is 35.5. The fraction of sp³-hybridized carbons (Fsp3) is 0. The normalized spacial score (nSPS) is 10.2. The van der Waals surface area contributed by atoms with Crippen LogP contribution in [0, 0.1) is 15.9 Å². The number of carbonyl (C=O) groups is 1. The Morgan fingerprint density at radius 1 is 1.14 bits per heavy atom. The Labute approximate surface area is 128 Å². The minimum absolute atomic E-state index is 0.266. The standard InChI is InChI=1S/C13H7Cl2FN2O3/c14-7-3-8(15)5-10(4-7)17-13(19)11-2-1-9(16)6-12(11)18(20)21/h1-6H,(H,17,19). The third-order valence-corrected chi connectivity index (χ3v) is 2.96. The summed E-state index contributed by atoms with van der Waals surface area (Å²) >= 11 is 11.6. The minimum Gasteiger partial charge on any atom is -0.322 e. The number of nitrogens with zero attached hydrogens (tertiary/aromatic N) is 1. The molecule has 8 heteroatoms. The first-order valence-electron chi connectivity index (χ1n) is 5.58. The number of nitro groups is 1. The lowest BCUT2D eigenvalue weighted by Crippen LogP contribution is -2.14. The topological polar surface area (TPSA) is 72.2 Å². The SMILES string of the molecule is O=C(Nc1cc(Cl)cc(Cl)c1)c1ccc(F)cc1[N+](=O)[O-]. The van der Waals surface area contributed by atoms with Crippen molar-refractivity contribution in [2.75, 3.05) is 5.32 Å². The number of nitrogens with one attached hydrogen (secondary N) is 1. The molecule has 0 fully saturated rings. The number of amides is 1. The molecule has 2 aromatic carbocycles. The van der Waals surface area contributed by atoms with Crippen molar-refractivity contribution in [3.63, 3.8) is 0 Å². The predicted octanol–water partition coefficient (Wildman–Crippen LogP) is 4.29. The van der Waals surface area contributed by atoms with E-state index in [2.05, 4.69) is 5.32 Å². The first kappa shape index (κ1) is 15.2. The van der Waals surface area contributed by atoms with E-state index in [4.69, 9.17) is 23.2 Å².